The molecular weight excluding hydrogens is 373 g/mol. The lowest BCUT2D eigenvalue weighted by Crippen LogP contribution is -2.64. The number of rotatable bonds is 12. The van der Waals surface area contributed by atoms with Gasteiger partial charge in [0.05, 0.1) is 5.16 Å². The molecule has 0 aliphatic carbocycles. The van der Waals surface area contributed by atoms with Gasteiger partial charge in [0.15, 0.2) is 16.6 Å². The molecule has 0 bridgehead atoms. The van der Waals surface area contributed by atoms with Gasteiger partial charge in [-0.05, 0) is 66.6 Å². The van der Waals surface area contributed by atoms with Crippen LogP contribution >= 0.6 is 0 Å². The summed E-state index contributed by atoms with van der Waals surface area (Å²) >= 11 is 0. The monoisotopic (exact) mass is 412 g/mol. The van der Waals surface area contributed by atoms with E-state index in [4.69, 9.17) is 21.5 Å². The summed E-state index contributed by atoms with van der Waals surface area (Å²) in [5.74, 6) is 0. The van der Waals surface area contributed by atoms with Gasteiger partial charge in [-0.3, -0.25) is 0 Å². The highest BCUT2D eigenvalue weighted by atomic mass is 28.5. The molecule has 0 saturated heterocycles. The first-order valence-electron chi connectivity index (χ1n) is 9.07. The first-order valence-corrected chi connectivity index (χ1v) is 20.1. The molecule has 0 aliphatic rings. The minimum Gasteiger partial charge on any atom is -0.436 e. The van der Waals surface area contributed by atoms with E-state index in [9.17, 15) is 0 Å². The van der Waals surface area contributed by atoms with E-state index in [0.29, 0.717) is 19.8 Å². The molecule has 0 spiro atoms. The molecule has 9 heteroatoms. The average molecular weight is 413 g/mol. The zero-order valence-electron chi connectivity index (χ0n) is 17.7. The summed E-state index contributed by atoms with van der Waals surface area (Å²) in [7, 11) is -9.01. The molecule has 0 fully saturated rings. The maximum atomic E-state index is 6.69. The van der Waals surface area contributed by atoms with Crippen LogP contribution in [-0.4, -0.2) is 53.8 Å². The van der Waals surface area contributed by atoms with Crippen molar-refractivity contribution < 1.29 is 21.5 Å². The van der Waals surface area contributed by atoms with Crippen LogP contribution < -0.4 is 0 Å². The molecule has 1 atom stereocenters. The summed E-state index contributed by atoms with van der Waals surface area (Å²) in [4.78, 5) is 0. The highest BCUT2D eigenvalue weighted by Crippen LogP contribution is 2.38. The molecule has 0 radical (unpaired) electrons. The van der Waals surface area contributed by atoms with Gasteiger partial charge >= 0.3 is 17.4 Å². The van der Waals surface area contributed by atoms with E-state index in [0.717, 1.165) is 0 Å². The van der Waals surface area contributed by atoms with Crippen molar-refractivity contribution in [1.29, 1.82) is 0 Å². The Morgan fingerprint density at radius 1 is 0.625 bits per heavy atom. The molecule has 0 aromatic carbocycles. The topological polar surface area (TPSA) is 46.2 Å². The molecular formula is C15H40O5Si4. The van der Waals surface area contributed by atoms with Crippen molar-refractivity contribution in [2.24, 2.45) is 0 Å². The normalized spacial score (nSPS) is 15.6. The van der Waals surface area contributed by atoms with Crippen LogP contribution in [-0.2, 0) is 21.5 Å². The van der Waals surface area contributed by atoms with Crippen molar-refractivity contribution >= 4 is 34.0 Å². The summed E-state index contributed by atoms with van der Waals surface area (Å²) in [5.41, 5.74) is 0. The van der Waals surface area contributed by atoms with Crippen LogP contribution in [0, 0.1) is 0 Å². The SMILES string of the molecule is CCO[Si](OCC)(OCC)C(C)[Si](C)(O[Si](C)(C)C)O[Si](C)(C)C. The van der Waals surface area contributed by atoms with Crippen molar-refractivity contribution in [3.63, 3.8) is 0 Å². The largest absolute Gasteiger partial charge is 0.505 e. The lowest BCUT2D eigenvalue weighted by atomic mass is 10.9. The highest BCUT2D eigenvalue weighted by molar-refractivity contribution is 6.94. The molecule has 5 nitrogen and oxygen atoms in total. The molecule has 0 saturated carbocycles. The number of hydrogen-bond acceptors (Lipinski definition) is 5. The highest BCUT2D eigenvalue weighted by Gasteiger charge is 2.60. The lowest BCUT2D eigenvalue weighted by Gasteiger charge is -2.46. The van der Waals surface area contributed by atoms with E-state index in [1.54, 1.807) is 0 Å². The van der Waals surface area contributed by atoms with Crippen LogP contribution in [0.1, 0.15) is 27.7 Å². The Bertz CT molecular complexity index is 335. The van der Waals surface area contributed by atoms with Gasteiger partial charge in [-0.25, -0.2) is 0 Å². The van der Waals surface area contributed by atoms with Gasteiger partial charge in [0.25, 0.3) is 0 Å². The van der Waals surface area contributed by atoms with E-state index in [2.05, 4.69) is 52.8 Å². The standard InChI is InChI=1S/C15H40O5Si4/c1-12-16-24(17-13-2,18-14-3)15(4)23(11,19-21(5,6)7)20-22(8,9)10/h15H,12-14H2,1-11H3. The van der Waals surface area contributed by atoms with Gasteiger partial charge in [0.2, 0.25) is 0 Å². The van der Waals surface area contributed by atoms with Crippen LogP contribution in [0.5, 0.6) is 0 Å². The molecule has 0 aromatic rings. The fourth-order valence-electron chi connectivity index (χ4n) is 2.84. The second kappa shape index (κ2) is 9.56. The Morgan fingerprint density at radius 3 is 1.12 bits per heavy atom. The fourth-order valence-corrected chi connectivity index (χ4v) is 21.1. The minimum absolute atomic E-state index is 0.0169. The lowest BCUT2D eigenvalue weighted by molar-refractivity contribution is 0.0658. The average Bonchev–Trinajstić information content (AvgIpc) is 2.34. The van der Waals surface area contributed by atoms with Crippen LogP contribution in [0.25, 0.3) is 0 Å². The fraction of sp³-hybridized carbons (Fsp3) is 1.00. The van der Waals surface area contributed by atoms with Gasteiger partial charge in [-0.15, -0.1) is 0 Å². The quantitative estimate of drug-likeness (QED) is 0.433. The third-order valence-electron chi connectivity index (χ3n) is 3.37. The van der Waals surface area contributed by atoms with Gasteiger partial charge in [0.1, 0.15) is 0 Å². The molecule has 0 N–H and O–H groups in total. The summed E-state index contributed by atoms with van der Waals surface area (Å²) in [5, 5.41) is 0.0169. The minimum atomic E-state index is -2.88. The van der Waals surface area contributed by atoms with E-state index in [1.807, 2.05) is 20.8 Å². The molecule has 0 amide bonds. The Hall–Kier alpha value is 0.668. The Balaban J connectivity index is 5.91. The van der Waals surface area contributed by atoms with Gasteiger partial charge in [-0.1, -0.05) is 6.92 Å². The Labute approximate surface area is 154 Å². The molecule has 0 aromatic heterocycles. The second-order valence-electron chi connectivity index (χ2n) is 8.07. The third kappa shape index (κ3) is 7.92. The first-order chi connectivity index (χ1) is 10.8. The van der Waals surface area contributed by atoms with Crippen molar-refractivity contribution in [3.05, 3.63) is 0 Å². The maximum Gasteiger partial charge on any atom is 0.505 e. The van der Waals surface area contributed by atoms with E-state index in [-0.39, 0.29) is 5.16 Å². The maximum absolute atomic E-state index is 6.69. The van der Waals surface area contributed by atoms with Crippen LogP contribution in [0.15, 0.2) is 0 Å². The molecule has 24 heavy (non-hydrogen) atoms. The van der Waals surface area contributed by atoms with Gasteiger partial charge in [0, 0.05) is 19.8 Å². The van der Waals surface area contributed by atoms with E-state index in [1.165, 1.54) is 0 Å². The van der Waals surface area contributed by atoms with E-state index < -0.39 is 34.0 Å². The van der Waals surface area contributed by atoms with E-state index >= 15 is 0 Å². The smallest absolute Gasteiger partial charge is 0.436 e. The third-order valence-corrected chi connectivity index (χ3v) is 18.9. The van der Waals surface area contributed by atoms with Crippen LogP contribution in [0.3, 0.4) is 0 Å². The Morgan fingerprint density at radius 2 is 0.917 bits per heavy atom. The molecule has 0 heterocycles. The molecule has 0 aliphatic heterocycles. The van der Waals surface area contributed by atoms with Gasteiger partial charge < -0.3 is 21.5 Å². The van der Waals surface area contributed by atoms with Crippen molar-refractivity contribution in [2.75, 3.05) is 19.8 Å². The second-order valence-corrected chi connectivity index (χ2v) is 24.6. The summed E-state index contributed by atoms with van der Waals surface area (Å²) in [6.07, 6.45) is 0. The van der Waals surface area contributed by atoms with Crippen molar-refractivity contribution in [2.45, 2.75) is 78.7 Å². The van der Waals surface area contributed by atoms with Crippen LogP contribution in [0.2, 0.25) is 51.0 Å². The van der Waals surface area contributed by atoms with Crippen molar-refractivity contribution in [3.8, 4) is 0 Å². The predicted molar refractivity (Wildman–Crippen MR) is 111 cm³/mol. The Kier molecular flexibility index (Phi) is 9.82. The molecule has 1 unspecified atom stereocenters. The predicted octanol–water partition coefficient (Wildman–Crippen LogP) is 4.74. The summed E-state index contributed by atoms with van der Waals surface area (Å²) in [6.45, 7) is 25.3. The van der Waals surface area contributed by atoms with Crippen LogP contribution in [0.4, 0.5) is 0 Å². The zero-order chi connectivity index (χ0) is 19.2. The summed E-state index contributed by atoms with van der Waals surface area (Å²) in [6, 6.07) is 0. The number of hydrogen-bond donors (Lipinski definition) is 0. The summed E-state index contributed by atoms with van der Waals surface area (Å²) < 4.78 is 31.8. The molecule has 146 valence electrons. The zero-order valence-corrected chi connectivity index (χ0v) is 21.7. The first kappa shape index (κ1) is 24.7. The van der Waals surface area contributed by atoms with Gasteiger partial charge in [-0.2, -0.15) is 0 Å². The molecule has 0 rings (SSSR count). The van der Waals surface area contributed by atoms with Crippen molar-refractivity contribution in [1.82, 2.24) is 0 Å².